The van der Waals surface area contributed by atoms with E-state index in [1.54, 1.807) is 12.1 Å². The minimum atomic E-state index is -0.624. The van der Waals surface area contributed by atoms with Gasteiger partial charge in [0.1, 0.15) is 18.3 Å². The highest BCUT2D eigenvalue weighted by atomic mass is 16.6. The average molecular weight is 568 g/mol. The summed E-state index contributed by atoms with van der Waals surface area (Å²) in [5.74, 6) is 0.0677. The largest absolute Gasteiger partial charge is 0.425 e. The number of quaternary nitrogens is 1. The van der Waals surface area contributed by atoms with E-state index in [9.17, 15) is 9.59 Å². The number of rotatable bonds is 7. The maximum Gasteiger partial charge on any atom is 0.414 e. The van der Waals surface area contributed by atoms with Crippen LogP contribution in [0.25, 0.3) is 10.9 Å². The van der Waals surface area contributed by atoms with E-state index >= 15 is 0 Å². The molecule has 4 heterocycles. The standard InChI is InChI=1S/C34H39N4O4/c1-24-11-14-30-28(20-24)29-22-38(3,19-16-31(29)36(30)18-15-26-13-12-25(2)35-21-26)23-41-34(40)37-17-7-10-32(37)33(39)42-27-8-5-4-6-9-27/h4-6,8-9,11-14,20-21,32H,7,10,15-19,22-23H2,1-3H3/q+1. The van der Waals surface area contributed by atoms with Gasteiger partial charge in [0.05, 0.1) is 13.6 Å². The predicted octanol–water partition coefficient (Wildman–Crippen LogP) is 5.56. The molecule has 0 saturated carbocycles. The van der Waals surface area contributed by atoms with Gasteiger partial charge in [-0.1, -0.05) is 35.9 Å². The van der Waals surface area contributed by atoms with Crippen LogP contribution in [0, 0.1) is 13.8 Å². The molecule has 8 nitrogen and oxygen atoms in total. The van der Waals surface area contributed by atoms with E-state index < -0.39 is 18.1 Å². The van der Waals surface area contributed by atoms with Gasteiger partial charge in [0.2, 0.25) is 6.73 Å². The Hall–Kier alpha value is -4.17. The van der Waals surface area contributed by atoms with Crippen molar-refractivity contribution in [1.29, 1.82) is 0 Å². The highest BCUT2D eigenvalue weighted by molar-refractivity contribution is 5.86. The summed E-state index contributed by atoms with van der Waals surface area (Å²) in [6.07, 6.45) is 4.68. The average Bonchev–Trinajstić information content (AvgIpc) is 3.59. The molecule has 4 aromatic rings. The van der Waals surface area contributed by atoms with E-state index in [1.807, 2.05) is 31.3 Å². The number of carbonyl (C=O) groups excluding carboxylic acids is 2. The van der Waals surface area contributed by atoms with Gasteiger partial charge in [0.15, 0.2) is 0 Å². The summed E-state index contributed by atoms with van der Waals surface area (Å²) >= 11 is 0. The Labute approximate surface area is 247 Å². The summed E-state index contributed by atoms with van der Waals surface area (Å²) in [5, 5.41) is 1.28. The van der Waals surface area contributed by atoms with Gasteiger partial charge >= 0.3 is 12.1 Å². The van der Waals surface area contributed by atoms with E-state index in [2.05, 4.69) is 53.9 Å². The van der Waals surface area contributed by atoms with Crippen LogP contribution in [0.1, 0.15) is 40.9 Å². The second-order valence-corrected chi connectivity index (χ2v) is 12.0. The monoisotopic (exact) mass is 567 g/mol. The number of esters is 1. The van der Waals surface area contributed by atoms with Crippen LogP contribution in [-0.2, 0) is 35.5 Å². The molecule has 0 radical (unpaired) electrons. The molecule has 1 saturated heterocycles. The number of aryl methyl sites for hydroxylation is 4. The molecule has 218 valence electrons. The van der Waals surface area contributed by atoms with Gasteiger partial charge in [-0.15, -0.1) is 0 Å². The number of aromatic nitrogens is 2. The number of likely N-dealkylation sites (N-methyl/N-ethyl adjacent to an activating group) is 1. The number of amides is 1. The molecule has 0 N–H and O–H groups in total. The number of hydrogen-bond donors (Lipinski definition) is 0. The number of pyridine rings is 1. The van der Waals surface area contributed by atoms with E-state index in [4.69, 9.17) is 9.47 Å². The van der Waals surface area contributed by atoms with Crippen LogP contribution >= 0.6 is 0 Å². The van der Waals surface area contributed by atoms with Crippen molar-refractivity contribution in [3.63, 3.8) is 0 Å². The highest BCUT2D eigenvalue weighted by Gasteiger charge is 2.39. The number of ether oxygens (including phenoxy) is 2. The molecule has 2 aromatic heterocycles. The fourth-order valence-electron chi connectivity index (χ4n) is 6.34. The number of hydrogen-bond acceptors (Lipinski definition) is 5. The third-order valence-electron chi connectivity index (χ3n) is 8.69. The van der Waals surface area contributed by atoms with E-state index in [0.717, 1.165) is 44.6 Å². The zero-order chi connectivity index (χ0) is 29.3. The summed E-state index contributed by atoms with van der Waals surface area (Å²) in [4.78, 5) is 32.1. The zero-order valence-electron chi connectivity index (χ0n) is 24.7. The molecule has 1 fully saturated rings. The topological polar surface area (TPSA) is 73.7 Å². The van der Waals surface area contributed by atoms with Gasteiger partial charge < -0.3 is 14.0 Å². The molecule has 1 amide bonds. The van der Waals surface area contributed by atoms with Gasteiger partial charge in [-0.05, 0) is 69.0 Å². The van der Waals surface area contributed by atoms with Gasteiger partial charge in [-0.25, -0.2) is 9.59 Å². The fourth-order valence-corrected chi connectivity index (χ4v) is 6.34. The van der Waals surface area contributed by atoms with Crippen molar-refractivity contribution in [2.24, 2.45) is 0 Å². The molecule has 0 spiro atoms. The number of para-hydroxylation sites is 1. The first kappa shape index (κ1) is 28.0. The van der Waals surface area contributed by atoms with E-state index in [-0.39, 0.29) is 6.73 Å². The number of benzene rings is 2. The first-order valence-corrected chi connectivity index (χ1v) is 14.9. The highest BCUT2D eigenvalue weighted by Crippen LogP contribution is 2.34. The molecular weight excluding hydrogens is 528 g/mol. The van der Waals surface area contributed by atoms with Crippen molar-refractivity contribution in [3.05, 3.63) is 94.9 Å². The molecule has 0 bridgehead atoms. The predicted molar refractivity (Wildman–Crippen MR) is 161 cm³/mol. The lowest BCUT2D eigenvalue weighted by Gasteiger charge is -2.37. The van der Waals surface area contributed by atoms with Crippen molar-refractivity contribution in [1.82, 2.24) is 14.5 Å². The smallest absolute Gasteiger partial charge is 0.414 e. The van der Waals surface area contributed by atoms with Crippen LogP contribution in [0.15, 0.2) is 66.9 Å². The van der Waals surface area contributed by atoms with Crippen LogP contribution in [0.2, 0.25) is 0 Å². The number of nitrogens with zero attached hydrogens (tertiary/aromatic N) is 4. The van der Waals surface area contributed by atoms with E-state index in [1.165, 1.54) is 38.2 Å². The SMILES string of the molecule is Cc1ccc2c(c1)c1c(n2CCc2ccc(C)nc2)CC[N+](C)(COC(=O)N2CCCC2C(=O)Oc2ccccc2)C1. The van der Waals surface area contributed by atoms with Crippen molar-refractivity contribution in [2.45, 2.75) is 58.7 Å². The van der Waals surface area contributed by atoms with Crippen molar-refractivity contribution in [2.75, 3.05) is 26.9 Å². The summed E-state index contributed by atoms with van der Waals surface area (Å²) in [6, 6.07) is 19.3. The maximum absolute atomic E-state index is 13.2. The van der Waals surface area contributed by atoms with Crippen LogP contribution in [0.3, 0.4) is 0 Å². The lowest BCUT2D eigenvalue weighted by Crippen LogP contribution is -2.51. The molecule has 42 heavy (non-hydrogen) atoms. The molecule has 2 aliphatic rings. The molecule has 2 aliphatic heterocycles. The lowest BCUT2D eigenvalue weighted by molar-refractivity contribution is -0.940. The first-order chi connectivity index (χ1) is 20.3. The van der Waals surface area contributed by atoms with Crippen LogP contribution in [-0.4, -0.2) is 63.9 Å². The third kappa shape index (κ3) is 5.77. The Morgan fingerprint density at radius 3 is 2.69 bits per heavy atom. The number of likely N-dealkylation sites (tertiary alicyclic amines) is 1. The first-order valence-electron chi connectivity index (χ1n) is 14.9. The number of carbonyl (C=O) groups is 2. The molecule has 2 unspecified atom stereocenters. The summed E-state index contributed by atoms with van der Waals surface area (Å²) in [6.45, 7) is 7.43. The van der Waals surface area contributed by atoms with Crippen LogP contribution in [0.5, 0.6) is 5.75 Å². The van der Waals surface area contributed by atoms with Gasteiger partial charge in [-0.3, -0.25) is 14.4 Å². The Kier molecular flexibility index (Phi) is 7.73. The molecule has 2 aromatic carbocycles. The van der Waals surface area contributed by atoms with Crippen LogP contribution < -0.4 is 4.74 Å². The van der Waals surface area contributed by atoms with Crippen molar-refractivity contribution >= 4 is 23.0 Å². The van der Waals surface area contributed by atoms with Gasteiger partial charge in [0.25, 0.3) is 0 Å². The minimum absolute atomic E-state index is 0.253. The summed E-state index contributed by atoms with van der Waals surface area (Å²) in [7, 11) is 2.15. The normalized spacial score (nSPS) is 20.0. The molecule has 8 heteroatoms. The molecule has 0 aliphatic carbocycles. The summed E-state index contributed by atoms with van der Waals surface area (Å²) in [5.41, 5.74) is 7.47. The third-order valence-corrected chi connectivity index (χ3v) is 8.69. The molecule has 2 atom stereocenters. The minimum Gasteiger partial charge on any atom is -0.425 e. The second-order valence-electron chi connectivity index (χ2n) is 12.0. The maximum atomic E-state index is 13.2. The second kappa shape index (κ2) is 11.6. The fraction of sp³-hybridized carbons (Fsp3) is 0.382. The molecule has 6 rings (SSSR count). The van der Waals surface area contributed by atoms with Crippen molar-refractivity contribution in [3.8, 4) is 5.75 Å². The van der Waals surface area contributed by atoms with E-state index in [0.29, 0.717) is 23.2 Å². The van der Waals surface area contributed by atoms with Gasteiger partial charge in [-0.2, -0.15) is 0 Å². The molecular formula is C34H39N4O4+. The van der Waals surface area contributed by atoms with Gasteiger partial charge in [0, 0.05) is 53.6 Å². The Balaban J connectivity index is 1.15. The number of fused-ring (bicyclic) bond motifs is 3. The summed E-state index contributed by atoms with van der Waals surface area (Å²) < 4.78 is 14.5. The Bertz CT molecular complexity index is 1600. The van der Waals surface area contributed by atoms with Crippen molar-refractivity contribution < 1.29 is 23.5 Å². The Morgan fingerprint density at radius 1 is 1.07 bits per heavy atom. The Morgan fingerprint density at radius 2 is 1.90 bits per heavy atom. The lowest BCUT2D eigenvalue weighted by atomic mass is 10.0. The quantitative estimate of drug-likeness (QED) is 0.166. The zero-order valence-corrected chi connectivity index (χ0v) is 24.7. The van der Waals surface area contributed by atoms with Crippen LogP contribution in [0.4, 0.5) is 4.79 Å².